The van der Waals surface area contributed by atoms with Gasteiger partial charge in [0.1, 0.15) is 12.1 Å². The van der Waals surface area contributed by atoms with Gasteiger partial charge in [-0.25, -0.2) is 4.39 Å². The Kier molecular flexibility index (Phi) is 6.37. The summed E-state index contributed by atoms with van der Waals surface area (Å²) >= 11 is 6.92. The van der Waals surface area contributed by atoms with Crippen LogP contribution in [0.15, 0.2) is 29.7 Å². The van der Waals surface area contributed by atoms with Crippen LogP contribution in [-0.4, -0.2) is 39.6 Å². The number of methoxy groups -OCH3 is 1. The van der Waals surface area contributed by atoms with Crippen molar-refractivity contribution in [3.8, 4) is 0 Å². The first-order chi connectivity index (χ1) is 11.0. The summed E-state index contributed by atoms with van der Waals surface area (Å²) in [5.74, 6) is -0.913. The molecule has 1 aromatic carbocycles. The number of anilines is 1. The zero-order valence-electron chi connectivity index (χ0n) is 12.6. The number of rotatable bonds is 7. The molecular weight excluding hydrogens is 343 g/mol. The fourth-order valence-electron chi connectivity index (χ4n) is 1.72. The standard InChI is InChI=1S/C14H16ClFN4O2S/c1-9(23-14-19-17-8-20(14)5-6-22-2)13(21)18-12-4-3-10(15)7-11(12)16/h3-4,7-9H,5-6H2,1-2H3,(H,18,21). The van der Waals surface area contributed by atoms with Crippen molar-refractivity contribution >= 4 is 35.0 Å². The van der Waals surface area contributed by atoms with E-state index in [0.29, 0.717) is 18.3 Å². The largest absolute Gasteiger partial charge is 0.383 e. The highest BCUT2D eigenvalue weighted by Crippen LogP contribution is 2.24. The van der Waals surface area contributed by atoms with Gasteiger partial charge in [0.15, 0.2) is 5.16 Å². The van der Waals surface area contributed by atoms with Crippen LogP contribution in [0.3, 0.4) is 0 Å². The van der Waals surface area contributed by atoms with Gasteiger partial charge < -0.3 is 14.6 Å². The molecule has 0 saturated carbocycles. The molecule has 0 aliphatic rings. The number of nitrogens with one attached hydrogen (secondary N) is 1. The first-order valence-corrected chi connectivity index (χ1v) is 8.06. The minimum Gasteiger partial charge on any atom is -0.383 e. The van der Waals surface area contributed by atoms with E-state index in [-0.39, 0.29) is 16.6 Å². The SMILES string of the molecule is COCCn1cnnc1SC(C)C(=O)Nc1ccc(Cl)cc1F. The molecule has 0 fully saturated rings. The summed E-state index contributed by atoms with van der Waals surface area (Å²) < 4.78 is 20.5. The van der Waals surface area contributed by atoms with Gasteiger partial charge in [0.2, 0.25) is 5.91 Å². The third-order valence-corrected chi connectivity index (χ3v) is 4.29. The summed E-state index contributed by atoms with van der Waals surface area (Å²) in [6.07, 6.45) is 1.57. The molecule has 2 rings (SSSR count). The van der Waals surface area contributed by atoms with E-state index >= 15 is 0 Å². The van der Waals surface area contributed by atoms with Crippen LogP contribution in [0, 0.1) is 5.82 Å². The molecule has 0 aliphatic heterocycles. The molecule has 0 bridgehead atoms. The summed E-state index contributed by atoms with van der Waals surface area (Å²) in [4.78, 5) is 12.2. The van der Waals surface area contributed by atoms with E-state index in [2.05, 4.69) is 15.5 Å². The lowest BCUT2D eigenvalue weighted by Crippen LogP contribution is -2.23. The van der Waals surface area contributed by atoms with Gasteiger partial charge in [-0.05, 0) is 25.1 Å². The Morgan fingerprint density at radius 2 is 2.35 bits per heavy atom. The molecule has 6 nitrogen and oxygen atoms in total. The van der Waals surface area contributed by atoms with E-state index in [1.807, 2.05) is 0 Å². The first kappa shape index (κ1) is 17.7. The van der Waals surface area contributed by atoms with Crippen molar-refractivity contribution in [2.75, 3.05) is 19.0 Å². The molecule has 1 atom stereocenters. The van der Waals surface area contributed by atoms with Gasteiger partial charge >= 0.3 is 0 Å². The first-order valence-electron chi connectivity index (χ1n) is 6.80. The molecule has 9 heteroatoms. The lowest BCUT2D eigenvalue weighted by molar-refractivity contribution is -0.115. The number of hydrogen-bond acceptors (Lipinski definition) is 5. The van der Waals surface area contributed by atoms with Crippen molar-refractivity contribution in [2.45, 2.75) is 23.9 Å². The minimum absolute atomic E-state index is 0.0905. The monoisotopic (exact) mass is 358 g/mol. The Bertz CT molecular complexity index is 683. The molecule has 0 aliphatic carbocycles. The predicted molar refractivity (Wildman–Crippen MR) is 87.3 cm³/mol. The van der Waals surface area contributed by atoms with Crippen LogP contribution in [0.25, 0.3) is 0 Å². The van der Waals surface area contributed by atoms with Crippen molar-refractivity contribution < 1.29 is 13.9 Å². The topological polar surface area (TPSA) is 69.0 Å². The van der Waals surface area contributed by atoms with Crippen LogP contribution >= 0.6 is 23.4 Å². The number of carbonyl (C=O) groups is 1. The Hall–Kier alpha value is -1.64. The van der Waals surface area contributed by atoms with Crippen molar-refractivity contribution in [1.29, 1.82) is 0 Å². The molecule has 124 valence electrons. The molecule has 1 aromatic heterocycles. The fraction of sp³-hybridized carbons (Fsp3) is 0.357. The Balaban J connectivity index is 1.98. The minimum atomic E-state index is -0.577. The molecule has 2 aromatic rings. The van der Waals surface area contributed by atoms with Gasteiger partial charge in [-0.3, -0.25) is 4.79 Å². The van der Waals surface area contributed by atoms with Crippen molar-refractivity contribution in [3.63, 3.8) is 0 Å². The molecule has 0 radical (unpaired) electrons. The van der Waals surface area contributed by atoms with E-state index in [1.54, 1.807) is 24.9 Å². The lowest BCUT2D eigenvalue weighted by atomic mass is 10.3. The molecule has 1 unspecified atom stereocenters. The third kappa shape index (κ3) is 4.92. The molecule has 0 saturated heterocycles. The van der Waals surface area contributed by atoms with Crippen LogP contribution in [0.5, 0.6) is 0 Å². The van der Waals surface area contributed by atoms with Crippen LogP contribution in [0.4, 0.5) is 10.1 Å². The number of hydrogen-bond donors (Lipinski definition) is 1. The van der Waals surface area contributed by atoms with Crippen molar-refractivity contribution in [1.82, 2.24) is 14.8 Å². The average Bonchev–Trinajstić information content (AvgIpc) is 2.95. The number of aromatic nitrogens is 3. The highest BCUT2D eigenvalue weighted by atomic mass is 35.5. The van der Waals surface area contributed by atoms with Gasteiger partial charge in [-0.15, -0.1) is 10.2 Å². The number of carbonyl (C=O) groups excluding carboxylic acids is 1. The van der Waals surface area contributed by atoms with E-state index in [0.717, 1.165) is 6.07 Å². The van der Waals surface area contributed by atoms with E-state index < -0.39 is 11.1 Å². The van der Waals surface area contributed by atoms with Crippen LogP contribution < -0.4 is 5.32 Å². The summed E-state index contributed by atoms with van der Waals surface area (Å²) in [6.45, 7) is 2.82. The smallest absolute Gasteiger partial charge is 0.237 e. The Labute approximate surface area is 142 Å². The maximum Gasteiger partial charge on any atom is 0.237 e. The Morgan fingerprint density at radius 3 is 3.04 bits per heavy atom. The normalized spacial score (nSPS) is 12.2. The lowest BCUT2D eigenvalue weighted by Gasteiger charge is -2.13. The number of benzene rings is 1. The summed E-state index contributed by atoms with van der Waals surface area (Å²) in [5.41, 5.74) is 0.0905. The molecule has 1 amide bonds. The summed E-state index contributed by atoms with van der Waals surface area (Å²) in [7, 11) is 1.61. The zero-order chi connectivity index (χ0) is 16.8. The highest BCUT2D eigenvalue weighted by molar-refractivity contribution is 8.00. The van der Waals surface area contributed by atoms with E-state index in [9.17, 15) is 9.18 Å². The molecule has 1 N–H and O–H groups in total. The van der Waals surface area contributed by atoms with Gasteiger partial charge in [0.25, 0.3) is 0 Å². The number of thioether (sulfide) groups is 1. The summed E-state index contributed by atoms with van der Waals surface area (Å²) in [5, 5.41) is 10.7. The Morgan fingerprint density at radius 1 is 1.57 bits per heavy atom. The molecule has 23 heavy (non-hydrogen) atoms. The van der Waals surface area contributed by atoms with E-state index in [1.165, 1.54) is 23.9 Å². The predicted octanol–water partition coefficient (Wildman–Crippen LogP) is 2.84. The van der Waals surface area contributed by atoms with Crippen LogP contribution in [0.2, 0.25) is 5.02 Å². The second-order valence-corrected chi connectivity index (χ2v) is 6.42. The molecular formula is C14H16ClFN4O2S. The van der Waals surface area contributed by atoms with E-state index in [4.69, 9.17) is 16.3 Å². The average molecular weight is 359 g/mol. The second kappa shape index (κ2) is 8.28. The van der Waals surface area contributed by atoms with Gasteiger partial charge in [-0.2, -0.15) is 0 Å². The van der Waals surface area contributed by atoms with Crippen molar-refractivity contribution in [2.24, 2.45) is 0 Å². The van der Waals surface area contributed by atoms with Gasteiger partial charge in [-0.1, -0.05) is 23.4 Å². The van der Waals surface area contributed by atoms with Crippen LogP contribution in [-0.2, 0) is 16.1 Å². The quantitative estimate of drug-likeness (QED) is 0.771. The maximum atomic E-state index is 13.7. The highest BCUT2D eigenvalue weighted by Gasteiger charge is 2.19. The number of nitrogens with zero attached hydrogens (tertiary/aromatic N) is 3. The van der Waals surface area contributed by atoms with Gasteiger partial charge in [0.05, 0.1) is 17.5 Å². The molecule has 0 spiro atoms. The number of halogens is 2. The fourth-order valence-corrected chi connectivity index (χ4v) is 2.72. The van der Waals surface area contributed by atoms with Crippen molar-refractivity contribution in [3.05, 3.63) is 35.4 Å². The number of ether oxygens (including phenoxy) is 1. The summed E-state index contributed by atoms with van der Waals surface area (Å²) in [6, 6.07) is 4.09. The zero-order valence-corrected chi connectivity index (χ0v) is 14.2. The van der Waals surface area contributed by atoms with Gasteiger partial charge in [0, 0.05) is 18.7 Å². The van der Waals surface area contributed by atoms with Crippen LogP contribution in [0.1, 0.15) is 6.92 Å². The number of amides is 1. The third-order valence-electron chi connectivity index (χ3n) is 2.96. The molecule has 1 heterocycles. The maximum absolute atomic E-state index is 13.7. The second-order valence-electron chi connectivity index (χ2n) is 4.67.